The highest BCUT2D eigenvalue weighted by Gasteiger charge is 2.22. The van der Waals surface area contributed by atoms with Gasteiger partial charge in [-0.25, -0.2) is 0 Å². The van der Waals surface area contributed by atoms with Gasteiger partial charge in [-0.05, 0) is 42.3 Å². The summed E-state index contributed by atoms with van der Waals surface area (Å²) in [6, 6.07) is 12.2. The molecule has 0 atom stereocenters. The average molecular weight is 487 g/mol. The van der Waals surface area contributed by atoms with Crippen LogP contribution in [0.5, 0.6) is 5.75 Å². The summed E-state index contributed by atoms with van der Waals surface area (Å²) in [7, 11) is -4.26. The highest BCUT2D eigenvalue weighted by Crippen LogP contribution is 2.25. The third kappa shape index (κ3) is 7.66. The van der Waals surface area contributed by atoms with E-state index in [4.69, 9.17) is 32.5 Å². The lowest BCUT2D eigenvalue weighted by Crippen LogP contribution is -2.50. The summed E-state index contributed by atoms with van der Waals surface area (Å²) in [5.74, 6) is -0.606. The number of rotatable bonds is 8. The first-order chi connectivity index (χ1) is 14.7. The summed E-state index contributed by atoms with van der Waals surface area (Å²) < 4.78 is 37.1. The largest absolute Gasteiger partial charge is 0.483 e. The van der Waals surface area contributed by atoms with Crippen molar-refractivity contribution in [2.45, 2.75) is 12.2 Å². The number of benzene rings is 2. The van der Waals surface area contributed by atoms with Crippen LogP contribution >= 0.6 is 23.2 Å². The molecular weight excluding hydrogens is 463 g/mol. The van der Waals surface area contributed by atoms with E-state index in [1.54, 1.807) is 4.90 Å². The van der Waals surface area contributed by atoms with Gasteiger partial charge >= 0.3 is 0 Å². The van der Waals surface area contributed by atoms with Gasteiger partial charge < -0.3 is 9.64 Å². The summed E-state index contributed by atoms with van der Waals surface area (Å²) in [6.07, 6.45) is 0.918. The van der Waals surface area contributed by atoms with E-state index in [0.29, 0.717) is 18.1 Å². The molecule has 0 bridgehead atoms. The lowest BCUT2D eigenvalue weighted by atomic mass is 10.1. The standard InChI is InChI=1S/C21H24Cl2N2O5S/c22-18-3-1-16(2-4-18)7-8-24-9-11-25(12-10-24)21(26)14-30-20-6-5-19(23)13-17(20)15-31(27,28)29/h1-6,13H,7-12,14-15H2,(H,27,28,29). The van der Waals surface area contributed by atoms with E-state index < -0.39 is 15.9 Å². The van der Waals surface area contributed by atoms with Gasteiger partial charge in [0.2, 0.25) is 0 Å². The molecule has 0 spiro atoms. The molecule has 1 heterocycles. The molecule has 0 aromatic heterocycles. The van der Waals surface area contributed by atoms with Crippen LogP contribution < -0.4 is 4.74 Å². The van der Waals surface area contributed by atoms with Crippen LogP contribution in [0.25, 0.3) is 0 Å². The minimum atomic E-state index is -4.26. The topological polar surface area (TPSA) is 87.1 Å². The van der Waals surface area contributed by atoms with Crippen LogP contribution in [0.4, 0.5) is 0 Å². The van der Waals surface area contributed by atoms with Gasteiger partial charge in [-0.1, -0.05) is 35.3 Å². The van der Waals surface area contributed by atoms with Gasteiger partial charge in [-0.3, -0.25) is 14.2 Å². The van der Waals surface area contributed by atoms with E-state index >= 15 is 0 Å². The lowest BCUT2D eigenvalue weighted by molar-refractivity contribution is -0.135. The predicted molar refractivity (Wildman–Crippen MR) is 120 cm³/mol. The fraction of sp³-hybridized carbons (Fsp3) is 0.381. The number of nitrogens with zero attached hydrogens (tertiary/aromatic N) is 2. The second-order valence-corrected chi connectivity index (χ2v) is 9.69. The molecule has 0 unspecified atom stereocenters. The molecule has 1 amide bonds. The van der Waals surface area contributed by atoms with Crippen LogP contribution in [0.3, 0.4) is 0 Å². The van der Waals surface area contributed by atoms with Crippen molar-refractivity contribution in [3.05, 3.63) is 63.6 Å². The molecule has 10 heteroatoms. The van der Waals surface area contributed by atoms with Crippen LogP contribution in [0.1, 0.15) is 11.1 Å². The number of hydrogen-bond donors (Lipinski definition) is 1. The van der Waals surface area contributed by atoms with E-state index in [2.05, 4.69) is 4.90 Å². The minimum Gasteiger partial charge on any atom is -0.483 e. The molecule has 168 valence electrons. The molecule has 0 saturated carbocycles. The summed E-state index contributed by atoms with van der Waals surface area (Å²) in [5.41, 5.74) is 1.43. The van der Waals surface area contributed by atoms with Gasteiger partial charge in [0.25, 0.3) is 16.0 Å². The van der Waals surface area contributed by atoms with Crippen molar-refractivity contribution in [3.8, 4) is 5.75 Å². The Kier molecular flexibility index (Phi) is 8.18. The summed E-state index contributed by atoms with van der Waals surface area (Å²) in [5, 5.41) is 1.04. The van der Waals surface area contributed by atoms with E-state index in [-0.39, 0.29) is 23.8 Å². The van der Waals surface area contributed by atoms with Gasteiger partial charge in [0.15, 0.2) is 6.61 Å². The number of carbonyl (C=O) groups excluding carboxylic acids is 1. The molecule has 0 aliphatic carbocycles. The van der Waals surface area contributed by atoms with Gasteiger partial charge in [-0.2, -0.15) is 8.42 Å². The molecule has 1 saturated heterocycles. The molecule has 1 aliphatic rings. The predicted octanol–water partition coefficient (Wildman–Crippen LogP) is 3.15. The second-order valence-electron chi connectivity index (χ2n) is 7.37. The molecule has 2 aromatic rings. The molecular formula is C21H24Cl2N2O5S. The molecule has 0 radical (unpaired) electrons. The van der Waals surface area contributed by atoms with E-state index in [1.807, 2.05) is 24.3 Å². The zero-order chi connectivity index (χ0) is 22.4. The normalized spacial score (nSPS) is 15.1. The highest BCUT2D eigenvalue weighted by molar-refractivity contribution is 7.85. The maximum absolute atomic E-state index is 12.5. The third-order valence-corrected chi connectivity index (χ3v) is 6.23. The lowest BCUT2D eigenvalue weighted by Gasteiger charge is -2.34. The molecule has 3 rings (SSSR count). The molecule has 1 aliphatic heterocycles. The fourth-order valence-corrected chi connectivity index (χ4v) is 4.33. The molecule has 1 N–H and O–H groups in total. The molecule has 1 fully saturated rings. The quantitative estimate of drug-likeness (QED) is 0.576. The first-order valence-electron chi connectivity index (χ1n) is 9.80. The Balaban J connectivity index is 1.46. The third-order valence-electron chi connectivity index (χ3n) is 5.07. The van der Waals surface area contributed by atoms with Crippen LogP contribution in [0.15, 0.2) is 42.5 Å². The highest BCUT2D eigenvalue weighted by atomic mass is 35.5. The van der Waals surface area contributed by atoms with Crippen LogP contribution in [-0.4, -0.2) is 68.0 Å². The van der Waals surface area contributed by atoms with Crippen LogP contribution in [0, 0.1) is 0 Å². The van der Waals surface area contributed by atoms with Crippen molar-refractivity contribution >= 4 is 39.2 Å². The zero-order valence-corrected chi connectivity index (χ0v) is 19.2. The average Bonchev–Trinajstić information content (AvgIpc) is 2.72. The smallest absolute Gasteiger partial charge is 0.269 e. The molecule has 2 aromatic carbocycles. The zero-order valence-electron chi connectivity index (χ0n) is 16.8. The van der Waals surface area contributed by atoms with Crippen LogP contribution in [-0.2, 0) is 27.1 Å². The van der Waals surface area contributed by atoms with Gasteiger partial charge in [0, 0.05) is 48.3 Å². The fourth-order valence-electron chi connectivity index (χ4n) is 3.39. The maximum atomic E-state index is 12.5. The Labute approximate surface area is 192 Å². The number of hydrogen-bond acceptors (Lipinski definition) is 5. The van der Waals surface area contributed by atoms with Crippen molar-refractivity contribution in [2.24, 2.45) is 0 Å². The Morgan fingerprint density at radius 1 is 1.00 bits per heavy atom. The summed E-state index contributed by atoms with van der Waals surface area (Å²) in [6.45, 7) is 3.43. The van der Waals surface area contributed by atoms with E-state index in [1.165, 1.54) is 23.8 Å². The maximum Gasteiger partial charge on any atom is 0.269 e. The molecule has 7 nitrogen and oxygen atoms in total. The van der Waals surface area contributed by atoms with Crippen molar-refractivity contribution in [3.63, 3.8) is 0 Å². The number of carbonyl (C=O) groups is 1. The first-order valence-corrected chi connectivity index (χ1v) is 12.2. The number of halogens is 2. The first kappa shape index (κ1) is 23.8. The van der Waals surface area contributed by atoms with Gasteiger partial charge in [-0.15, -0.1) is 0 Å². The van der Waals surface area contributed by atoms with Gasteiger partial charge in [0.1, 0.15) is 11.5 Å². The number of amides is 1. The van der Waals surface area contributed by atoms with E-state index in [9.17, 15) is 13.2 Å². The molecule has 31 heavy (non-hydrogen) atoms. The van der Waals surface area contributed by atoms with Crippen LogP contribution in [0.2, 0.25) is 10.0 Å². The van der Waals surface area contributed by atoms with Crippen molar-refractivity contribution < 1.29 is 22.5 Å². The SMILES string of the molecule is O=C(COc1ccc(Cl)cc1CS(=O)(=O)O)N1CCN(CCc2ccc(Cl)cc2)CC1. The van der Waals surface area contributed by atoms with Crippen molar-refractivity contribution in [2.75, 3.05) is 39.3 Å². The second kappa shape index (κ2) is 10.7. The number of piperazine rings is 1. The summed E-state index contributed by atoms with van der Waals surface area (Å²) in [4.78, 5) is 16.6. The Hall–Kier alpha value is -1.84. The summed E-state index contributed by atoms with van der Waals surface area (Å²) >= 11 is 11.8. The van der Waals surface area contributed by atoms with Crippen molar-refractivity contribution in [1.29, 1.82) is 0 Å². The monoisotopic (exact) mass is 486 g/mol. The van der Waals surface area contributed by atoms with Gasteiger partial charge in [0.05, 0.1) is 0 Å². The van der Waals surface area contributed by atoms with E-state index in [0.717, 1.165) is 31.1 Å². The minimum absolute atomic E-state index is 0.176. The number of ether oxygens (including phenoxy) is 1. The van der Waals surface area contributed by atoms with Crippen molar-refractivity contribution in [1.82, 2.24) is 9.80 Å². The Morgan fingerprint density at radius 3 is 2.29 bits per heavy atom. The Morgan fingerprint density at radius 2 is 1.65 bits per heavy atom. The Bertz CT molecular complexity index is 1010.